The fourth-order valence-corrected chi connectivity index (χ4v) is 2.38. The van der Waals surface area contributed by atoms with E-state index < -0.39 is 5.97 Å². The van der Waals surface area contributed by atoms with Crippen molar-refractivity contribution < 1.29 is 18.8 Å². The fourth-order valence-electron chi connectivity index (χ4n) is 2.38. The van der Waals surface area contributed by atoms with Crippen LogP contribution >= 0.6 is 0 Å². The number of nitrogens with zero attached hydrogens (tertiary/aromatic N) is 6. The zero-order valence-electron chi connectivity index (χ0n) is 14.5. The maximum absolute atomic E-state index is 12.2. The van der Waals surface area contributed by atoms with Gasteiger partial charge in [0.05, 0.1) is 7.11 Å². The largest absolute Gasteiger partial charge is 0.497 e. The van der Waals surface area contributed by atoms with Crippen molar-refractivity contribution in [2.45, 2.75) is 13.5 Å². The van der Waals surface area contributed by atoms with Gasteiger partial charge in [0, 0.05) is 17.5 Å². The van der Waals surface area contributed by atoms with Crippen molar-refractivity contribution in [3.8, 4) is 17.1 Å². The Kier molecular flexibility index (Phi) is 4.21. The van der Waals surface area contributed by atoms with Gasteiger partial charge in [0.1, 0.15) is 5.75 Å². The minimum atomic E-state index is -0.707. The molecule has 0 radical (unpaired) electrons. The summed E-state index contributed by atoms with van der Waals surface area (Å²) in [6.45, 7) is 1.63. The Morgan fingerprint density at radius 3 is 2.96 bits per heavy atom. The molecule has 10 heteroatoms. The van der Waals surface area contributed by atoms with Crippen molar-refractivity contribution >= 4 is 11.7 Å². The standard InChI is InChI=1S/C17H14N6O4/c1-10-6-7-18-17-20-15(21-23(10)17)16(24)26-9-13-19-14(22-27-13)11-4-3-5-12(8-11)25-2/h3-8H,9H2,1-2H3. The molecule has 4 aromatic rings. The van der Waals surface area contributed by atoms with Crippen LogP contribution in [0.1, 0.15) is 22.2 Å². The van der Waals surface area contributed by atoms with E-state index in [2.05, 4.69) is 25.2 Å². The highest BCUT2D eigenvalue weighted by Crippen LogP contribution is 2.21. The lowest BCUT2D eigenvalue weighted by Gasteiger charge is -2.00. The van der Waals surface area contributed by atoms with E-state index in [1.165, 1.54) is 4.52 Å². The molecule has 0 spiro atoms. The Hall–Kier alpha value is -3.82. The summed E-state index contributed by atoms with van der Waals surface area (Å²) in [5, 5.41) is 7.96. The molecule has 4 rings (SSSR count). The molecule has 10 nitrogen and oxygen atoms in total. The van der Waals surface area contributed by atoms with E-state index in [0.717, 1.165) is 11.3 Å². The molecule has 136 valence electrons. The summed E-state index contributed by atoms with van der Waals surface area (Å²) in [7, 11) is 1.57. The minimum absolute atomic E-state index is 0.0932. The lowest BCUT2D eigenvalue weighted by molar-refractivity contribution is 0.0415. The molecule has 0 N–H and O–H groups in total. The Labute approximate surface area is 152 Å². The predicted molar refractivity (Wildman–Crippen MR) is 90.9 cm³/mol. The fraction of sp³-hybridized carbons (Fsp3) is 0.176. The first kappa shape index (κ1) is 16.6. The quantitative estimate of drug-likeness (QED) is 0.487. The molecule has 0 aliphatic carbocycles. The third-order valence-corrected chi connectivity index (χ3v) is 3.74. The zero-order chi connectivity index (χ0) is 18.8. The summed E-state index contributed by atoms with van der Waals surface area (Å²) in [6.07, 6.45) is 1.59. The molecule has 3 heterocycles. The normalized spacial score (nSPS) is 10.9. The van der Waals surface area contributed by atoms with Crippen LogP contribution in [0.2, 0.25) is 0 Å². The average molecular weight is 366 g/mol. The number of aryl methyl sites for hydroxylation is 1. The van der Waals surface area contributed by atoms with Crippen LogP contribution in [0, 0.1) is 6.92 Å². The number of hydrogen-bond donors (Lipinski definition) is 0. The van der Waals surface area contributed by atoms with Gasteiger partial charge < -0.3 is 14.0 Å². The van der Waals surface area contributed by atoms with Crippen molar-refractivity contribution in [2.24, 2.45) is 0 Å². The van der Waals surface area contributed by atoms with Crippen molar-refractivity contribution in [1.29, 1.82) is 0 Å². The number of fused-ring (bicyclic) bond motifs is 1. The number of benzene rings is 1. The number of aromatic nitrogens is 6. The van der Waals surface area contributed by atoms with Crippen molar-refractivity contribution in [3.05, 3.63) is 53.9 Å². The molecule has 0 aliphatic rings. The summed E-state index contributed by atoms with van der Waals surface area (Å²) < 4.78 is 16.9. The first-order chi connectivity index (χ1) is 13.1. The summed E-state index contributed by atoms with van der Waals surface area (Å²) in [6, 6.07) is 8.98. The van der Waals surface area contributed by atoms with E-state index in [1.54, 1.807) is 25.4 Å². The second-order valence-electron chi connectivity index (χ2n) is 5.55. The Bertz CT molecular complexity index is 1120. The third kappa shape index (κ3) is 3.32. The number of methoxy groups -OCH3 is 1. The van der Waals surface area contributed by atoms with Gasteiger partial charge in [-0.3, -0.25) is 0 Å². The zero-order valence-corrected chi connectivity index (χ0v) is 14.5. The van der Waals surface area contributed by atoms with Gasteiger partial charge in [-0.2, -0.15) is 9.97 Å². The summed E-state index contributed by atoms with van der Waals surface area (Å²) in [5.41, 5.74) is 1.52. The second kappa shape index (κ2) is 6.83. The van der Waals surface area contributed by atoms with Crippen LogP contribution in [0.3, 0.4) is 0 Å². The topological polar surface area (TPSA) is 118 Å². The maximum Gasteiger partial charge on any atom is 0.378 e. The Morgan fingerprint density at radius 1 is 1.26 bits per heavy atom. The van der Waals surface area contributed by atoms with Gasteiger partial charge in [-0.25, -0.2) is 14.3 Å². The van der Waals surface area contributed by atoms with E-state index >= 15 is 0 Å². The number of carbonyl (C=O) groups is 1. The van der Waals surface area contributed by atoms with Crippen LogP contribution in [0.15, 0.2) is 41.1 Å². The maximum atomic E-state index is 12.2. The third-order valence-electron chi connectivity index (χ3n) is 3.74. The molecule has 0 saturated carbocycles. The van der Waals surface area contributed by atoms with Gasteiger partial charge in [0.25, 0.3) is 17.5 Å². The minimum Gasteiger partial charge on any atom is -0.497 e. The number of ether oxygens (including phenoxy) is 2. The molecule has 27 heavy (non-hydrogen) atoms. The monoisotopic (exact) mass is 366 g/mol. The van der Waals surface area contributed by atoms with Crippen molar-refractivity contribution in [1.82, 2.24) is 29.7 Å². The molecule has 3 aromatic heterocycles. The van der Waals surface area contributed by atoms with Gasteiger partial charge in [-0.1, -0.05) is 17.3 Å². The molecule has 0 saturated heterocycles. The Balaban J connectivity index is 1.46. The smallest absolute Gasteiger partial charge is 0.378 e. The van der Waals surface area contributed by atoms with E-state index in [-0.39, 0.29) is 18.3 Å². The molecule has 0 amide bonds. The van der Waals surface area contributed by atoms with Gasteiger partial charge >= 0.3 is 5.97 Å². The number of rotatable bonds is 5. The van der Waals surface area contributed by atoms with Gasteiger partial charge in [-0.15, -0.1) is 5.10 Å². The van der Waals surface area contributed by atoms with Crippen molar-refractivity contribution in [3.63, 3.8) is 0 Å². The van der Waals surface area contributed by atoms with Crippen LogP contribution in [0.5, 0.6) is 5.75 Å². The van der Waals surface area contributed by atoms with Crippen LogP contribution in [-0.2, 0) is 11.3 Å². The molecular weight excluding hydrogens is 352 g/mol. The molecule has 0 fully saturated rings. The molecular formula is C17H14N6O4. The van der Waals surface area contributed by atoms with Crippen LogP contribution in [0.25, 0.3) is 17.2 Å². The average Bonchev–Trinajstić information content (AvgIpc) is 3.34. The van der Waals surface area contributed by atoms with Crippen LogP contribution in [0.4, 0.5) is 0 Å². The van der Waals surface area contributed by atoms with Crippen LogP contribution in [-0.4, -0.2) is 42.8 Å². The lowest BCUT2D eigenvalue weighted by Crippen LogP contribution is -2.08. The van der Waals surface area contributed by atoms with E-state index in [0.29, 0.717) is 17.4 Å². The van der Waals surface area contributed by atoms with E-state index in [9.17, 15) is 4.79 Å². The molecule has 0 aliphatic heterocycles. The van der Waals surface area contributed by atoms with Gasteiger partial charge in [0.2, 0.25) is 5.82 Å². The highest BCUT2D eigenvalue weighted by Gasteiger charge is 2.18. The van der Waals surface area contributed by atoms with E-state index in [4.69, 9.17) is 14.0 Å². The highest BCUT2D eigenvalue weighted by molar-refractivity contribution is 5.85. The molecule has 0 unspecified atom stereocenters. The molecule has 0 bridgehead atoms. The van der Waals surface area contributed by atoms with Crippen molar-refractivity contribution in [2.75, 3.05) is 7.11 Å². The second-order valence-corrected chi connectivity index (χ2v) is 5.55. The highest BCUT2D eigenvalue weighted by atomic mass is 16.6. The van der Waals surface area contributed by atoms with Gasteiger partial charge in [0.15, 0.2) is 6.61 Å². The van der Waals surface area contributed by atoms with Crippen LogP contribution < -0.4 is 4.74 Å². The lowest BCUT2D eigenvalue weighted by atomic mass is 10.2. The van der Waals surface area contributed by atoms with E-state index in [1.807, 2.05) is 25.1 Å². The Morgan fingerprint density at radius 2 is 2.15 bits per heavy atom. The predicted octanol–water partition coefficient (Wildman–Crippen LogP) is 1.85. The first-order valence-corrected chi connectivity index (χ1v) is 7.96. The summed E-state index contributed by atoms with van der Waals surface area (Å²) in [4.78, 5) is 24.5. The van der Waals surface area contributed by atoms with Gasteiger partial charge in [-0.05, 0) is 25.1 Å². The number of esters is 1. The molecule has 0 atom stereocenters. The summed E-state index contributed by atoms with van der Waals surface area (Å²) >= 11 is 0. The molecule has 1 aromatic carbocycles. The summed E-state index contributed by atoms with van der Waals surface area (Å²) in [5.74, 6) is 0.711. The SMILES string of the molecule is COc1cccc(-c2noc(COC(=O)c3nc4nccc(C)n4n3)n2)c1. The number of hydrogen-bond acceptors (Lipinski definition) is 9. The number of carbonyl (C=O) groups excluding carboxylic acids is 1. The first-order valence-electron chi connectivity index (χ1n) is 7.96.